The maximum atomic E-state index is 11.8. The van der Waals surface area contributed by atoms with Crippen LogP contribution in [0.3, 0.4) is 0 Å². The highest BCUT2D eigenvalue weighted by atomic mass is 16.1. The van der Waals surface area contributed by atoms with Crippen LogP contribution < -0.4 is 5.32 Å². The van der Waals surface area contributed by atoms with E-state index in [0.717, 1.165) is 12.8 Å². The Morgan fingerprint density at radius 3 is 2.35 bits per heavy atom. The second-order valence-electron chi connectivity index (χ2n) is 4.90. The summed E-state index contributed by atoms with van der Waals surface area (Å²) in [6, 6.07) is 6.39. The molecule has 2 heteroatoms. The summed E-state index contributed by atoms with van der Waals surface area (Å²) in [4.78, 5) is 11.8. The molecule has 1 unspecified atom stereocenters. The van der Waals surface area contributed by atoms with E-state index < -0.39 is 0 Å². The number of nitrogens with one attached hydrogen (secondary N) is 1. The summed E-state index contributed by atoms with van der Waals surface area (Å²) in [6.07, 6.45) is 2.01. The summed E-state index contributed by atoms with van der Waals surface area (Å²) >= 11 is 0. The van der Waals surface area contributed by atoms with Gasteiger partial charge in [0.15, 0.2) is 0 Å². The monoisotopic (exact) mass is 233 g/mol. The van der Waals surface area contributed by atoms with Gasteiger partial charge in [0.05, 0.1) is 0 Å². The summed E-state index contributed by atoms with van der Waals surface area (Å²) in [5.74, 6) is 0.275. The minimum absolute atomic E-state index is 0.117. The van der Waals surface area contributed by atoms with Gasteiger partial charge in [0.2, 0.25) is 5.91 Å². The molecule has 0 fully saturated rings. The van der Waals surface area contributed by atoms with Gasteiger partial charge in [0.1, 0.15) is 0 Å². The topological polar surface area (TPSA) is 29.1 Å². The first-order chi connectivity index (χ1) is 8.02. The average Bonchev–Trinajstić information content (AvgIpc) is 2.25. The number of hydrogen-bond donors (Lipinski definition) is 1. The molecule has 0 saturated carbocycles. The number of carbonyl (C=O) groups excluding carboxylic acids is 1. The molecule has 1 amide bonds. The highest BCUT2D eigenvalue weighted by Crippen LogP contribution is 2.09. The second kappa shape index (κ2) is 6.43. The minimum atomic E-state index is 0.117. The highest BCUT2D eigenvalue weighted by Gasteiger charge is 2.10. The number of rotatable bonds is 5. The first-order valence-corrected chi connectivity index (χ1v) is 6.37. The van der Waals surface area contributed by atoms with Crippen molar-refractivity contribution in [1.82, 2.24) is 5.32 Å². The highest BCUT2D eigenvalue weighted by molar-refractivity contribution is 5.78. The van der Waals surface area contributed by atoms with Gasteiger partial charge in [-0.05, 0) is 25.8 Å². The van der Waals surface area contributed by atoms with Gasteiger partial charge in [-0.25, -0.2) is 0 Å². The van der Waals surface area contributed by atoms with Crippen molar-refractivity contribution in [3.63, 3.8) is 0 Å². The predicted molar refractivity (Wildman–Crippen MR) is 71.8 cm³/mol. The van der Waals surface area contributed by atoms with Crippen molar-refractivity contribution < 1.29 is 4.79 Å². The van der Waals surface area contributed by atoms with E-state index in [9.17, 15) is 4.79 Å². The van der Waals surface area contributed by atoms with Crippen molar-refractivity contribution >= 4 is 5.91 Å². The van der Waals surface area contributed by atoms with E-state index in [0.29, 0.717) is 6.54 Å². The van der Waals surface area contributed by atoms with Crippen LogP contribution in [-0.2, 0) is 11.3 Å². The van der Waals surface area contributed by atoms with Crippen LogP contribution in [0.1, 0.15) is 43.4 Å². The summed E-state index contributed by atoms with van der Waals surface area (Å²) in [5, 5.41) is 3.00. The molecule has 0 saturated heterocycles. The normalized spacial score (nSPS) is 12.2. The third-order valence-electron chi connectivity index (χ3n) is 2.92. The Bertz CT molecular complexity index is 364. The van der Waals surface area contributed by atoms with Crippen LogP contribution in [0.2, 0.25) is 0 Å². The van der Waals surface area contributed by atoms with Crippen LogP contribution in [0.4, 0.5) is 0 Å². The van der Waals surface area contributed by atoms with Crippen LogP contribution in [0.25, 0.3) is 0 Å². The molecule has 1 aromatic rings. The fourth-order valence-corrected chi connectivity index (χ4v) is 2.10. The van der Waals surface area contributed by atoms with Crippen LogP contribution in [-0.4, -0.2) is 5.91 Å². The third-order valence-corrected chi connectivity index (χ3v) is 2.92. The van der Waals surface area contributed by atoms with E-state index in [4.69, 9.17) is 0 Å². The Balaban J connectivity index is 2.52. The Hall–Kier alpha value is -1.31. The van der Waals surface area contributed by atoms with Crippen molar-refractivity contribution in [2.24, 2.45) is 5.92 Å². The summed E-state index contributed by atoms with van der Waals surface area (Å²) in [7, 11) is 0. The maximum absolute atomic E-state index is 11.8. The van der Waals surface area contributed by atoms with Gasteiger partial charge in [0.25, 0.3) is 0 Å². The molecule has 1 aromatic carbocycles. The summed E-state index contributed by atoms with van der Waals surface area (Å²) in [6.45, 7) is 8.89. The lowest BCUT2D eigenvalue weighted by molar-refractivity contribution is -0.124. The lowest BCUT2D eigenvalue weighted by atomic mass is 10.0. The van der Waals surface area contributed by atoms with E-state index in [1.54, 1.807) is 0 Å². The SMILES string of the molecule is CCCC(C)C(=O)NCc1cc(C)cc(C)c1. The van der Waals surface area contributed by atoms with Gasteiger partial charge in [-0.1, -0.05) is 49.6 Å². The Morgan fingerprint density at radius 2 is 1.82 bits per heavy atom. The molecule has 1 atom stereocenters. The van der Waals surface area contributed by atoms with Gasteiger partial charge < -0.3 is 5.32 Å². The van der Waals surface area contributed by atoms with Crippen molar-refractivity contribution in [2.45, 2.75) is 47.1 Å². The molecular formula is C15H23NO. The molecule has 17 heavy (non-hydrogen) atoms. The fraction of sp³-hybridized carbons (Fsp3) is 0.533. The van der Waals surface area contributed by atoms with E-state index in [-0.39, 0.29) is 11.8 Å². The standard InChI is InChI=1S/C15H23NO/c1-5-6-13(4)15(17)16-10-14-8-11(2)7-12(3)9-14/h7-9,13H,5-6,10H2,1-4H3,(H,16,17). The molecule has 0 aromatic heterocycles. The number of aryl methyl sites for hydroxylation is 2. The average molecular weight is 233 g/mol. The molecule has 0 heterocycles. The van der Waals surface area contributed by atoms with Gasteiger partial charge in [-0.3, -0.25) is 4.79 Å². The zero-order valence-electron chi connectivity index (χ0n) is 11.3. The Labute approximate surface area is 104 Å². The smallest absolute Gasteiger partial charge is 0.223 e. The molecule has 0 aliphatic rings. The molecule has 0 spiro atoms. The molecule has 94 valence electrons. The molecule has 0 bridgehead atoms. The van der Waals surface area contributed by atoms with E-state index in [1.165, 1.54) is 16.7 Å². The van der Waals surface area contributed by atoms with Gasteiger partial charge in [0, 0.05) is 12.5 Å². The molecule has 1 N–H and O–H groups in total. The largest absolute Gasteiger partial charge is 0.352 e. The second-order valence-corrected chi connectivity index (χ2v) is 4.90. The van der Waals surface area contributed by atoms with Crippen molar-refractivity contribution in [2.75, 3.05) is 0 Å². The van der Waals surface area contributed by atoms with Crippen molar-refractivity contribution in [3.8, 4) is 0 Å². The number of amides is 1. The molecule has 1 rings (SSSR count). The third kappa shape index (κ3) is 4.59. The summed E-state index contributed by atoms with van der Waals surface area (Å²) in [5.41, 5.74) is 3.67. The zero-order chi connectivity index (χ0) is 12.8. The molecular weight excluding hydrogens is 210 g/mol. The van der Waals surface area contributed by atoms with Gasteiger partial charge >= 0.3 is 0 Å². The first kappa shape index (κ1) is 13.8. The number of hydrogen-bond acceptors (Lipinski definition) is 1. The van der Waals surface area contributed by atoms with E-state index >= 15 is 0 Å². The Morgan fingerprint density at radius 1 is 1.24 bits per heavy atom. The van der Waals surface area contributed by atoms with E-state index in [2.05, 4.69) is 44.3 Å². The molecule has 2 nitrogen and oxygen atoms in total. The van der Waals surface area contributed by atoms with Crippen LogP contribution in [0.15, 0.2) is 18.2 Å². The van der Waals surface area contributed by atoms with E-state index in [1.807, 2.05) is 6.92 Å². The van der Waals surface area contributed by atoms with Crippen LogP contribution >= 0.6 is 0 Å². The zero-order valence-corrected chi connectivity index (χ0v) is 11.3. The van der Waals surface area contributed by atoms with Crippen molar-refractivity contribution in [3.05, 3.63) is 34.9 Å². The molecule has 0 radical (unpaired) electrons. The van der Waals surface area contributed by atoms with Gasteiger partial charge in [-0.15, -0.1) is 0 Å². The van der Waals surface area contributed by atoms with Gasteiger partial charge in [-0.2, -0.15) is 0 Å². The predicted octanol–water partition coefficient (Wildman–Crippen LogP) is 3.36. The lowest BCUT2D eigenvalue weighted by Crippen LogP contribution is -2.28. The molecule has 0 aliphatic heterocycles. The lowest BCUT2D eigenvalue weighted by Gasteiger charge is -2.11. The quantitative estimate of drug-likeness (QED) is 0.830. The minimum Gasteiger partial charge on any atom is -0.352 e. The summed E-state index contributed by atoms with van der Waals surface area (Å²) < 4.78 is 0. The van der Waals surface area contributed by atoms with Crippen LogP contribution in [0.5, 0.6) is 0 Å². The van der Waals surface area contributed by atoms with Crippen LogP contribution in [0, 0.1) is 19.8 Å². The number of benzene rings is 1. The Kier molecular flexibility index (Phi) is 5.20. The van der Waals surface area contributed by atoms with Crippen molar-refractivity contribution in [1.29, 1.82) is 0 Å². The fourth-order valence-electron chi connectivity index (χ4n) is 2.10. The number of carbonyl (C=O) groups is 1. The maximum Gasteiger partial charge on any atom is 0.223 e. The first-order valence-electron chi connectivity index (χ1n) is 6.37. The molecule has 0 aliphatic carbocycles.